The first-order valence-corrected chi connectivity index (χ1v) is 10.8. The van der Waals surface area contributed by atoms with Gasteiger partial charge in [-0.1, -0.05) is 11.6 Å². The van der Waals surface area contributed by atoms with Crippen LogP contribution in [0.4, 0.5) is 5.69 Å². The fraction of sp³-hybridized carbons (Fsp3) is 0.182. The quantitative estimate of drug-likeness (QED) is 0.498. The molecule has 0 saturated heterocycles. The Morgan fingerprint density at radius 2 is 1.30 bits per heavy atom. The summed E-state index contributed by atoms with van der Waals surface area (Å²) in [4.78, 5) is 0.146. The van der Waals surface area contributed by atoms with Crippen LogP contribution < -0.4 is 18.5 Å². The minimum Gasteiger partial charge on any atom is -0.497 e. The number of sulfonamides is 1. The van der Waals surface area contributed by atoms with Crippen LogP contribution in [0, 0.1) is 0 Å². The molecule has 0 bridgehead atoms. The highest BCUT2D eigenvalue weighted by Crippen LogP contribution is 2.30. The van der Waals surface area contributed by atoms with Gasteiger partial charge in [-0.25, -0.2) is 8.42 Å². The number of hydrogen-bond donors (Lipinski definition) is 0. The molecule has 0 unspecified atom stereocenters. The van der Waals surface area contributed by atoms with Gasteiger partial charge in [0.05, 0.1) is 38.5 Å². The molecule has 6 nitrogen and oxygen atoms in total. The summed E-state index contributed by atoms with van der Waals surface area (Å²) in [6, 6.07) is 18.2. The van der Waals surface area contributed by atoms with E-state index in [1.54, 1.807) is 68.8 Å². The molecule has 158 valence electrons. The zero-order valence-electron chi connectivity index (χ0n) is 16.8. The number of rotatable bonds is 8. The number of ether oxygens (including phenoxy) is 3. The number of nitrogens with zero attached hydrogens (tertiary/aromatic N) is 1. The summed E-state index contributed by atoms with van der Waals surface area (Å²) in [7, 11) is 0.742. The molecule has 8 heteroatoms. The molecular weight excluding hydrogens is 426 g/mol. The van der Waals surface area contributed by atoms with E-state index in [0.717, 1.165) is 0 Å². The Morgan fingerprint density at radius 3 is 1.80 bits per heavy atom. The van der Waals surface area contributed by atoms with Crippen molar-refractivity contribution < 1.29 is 22.6 Å². The van der Waals surface area contributed by atoms with Crippen LogP contribution in [0.5, 0.6) is 17.2 Å². The van der Waals surface area contributed by atoms with Gasteiger partial charge in [-0.2, -0.15) is 0 Å². The summed E-state index contributed by atoms with van der Waals surface area (Å²) in [6.45, 7) is 0.0730. The second-order valence-electron chi connectivity index (χ2n) is 6.38. The summed E-state index contributed by atoms with van der Waals surface area (Å²) in [6.07, 6.45) is 0. The molecule has 0 atom stereocenters. The van der Waals surface area contributed by atoms with E-state index in [9.17, 15) is 8.42 Å². The normalized spacial score (nSPS) is 11.1. The third kappa shape index (κ3) is 4.80. The van der Waals surface area contributed by atoms with Crippen molar-refractivity contribution in [3.05, 3.63) is 77.3 Å². The molecule has 0 heterocycles. The van der Waals surface area contributed by atoms with Gasteiger partial charge in [-0.3, -0.25) is 4.31 Å². The first-order valence-electron chi connectivity index (χ1n) is 9.01. The molecule has 0 aliphatic carbocycles. The first kappa shape index (κ1) is 21.8. The molecular formula is C22H22ClNO5S. The average Bonchev–Trinajstić information content (AvgIpc) is 2.77. The fourth-order valence-corrected chi connectivity index (χ4v) is 4.50. The maximum absolute atomic E-state index is 13.5. The Labute approximate surface area is 181 Å². The van der Waals surface area contributed by atoms with Gasteiger partial charge in [0.25, 0.3) is 10.0 Å². The van der Waals surface area contributed by atoms with E-state index < -0.39 is 10.0 Å². The van der Waals surface area contributed by atoms with Crippen molar-refractivity contribution in [2.24, 2.45) is 0 Å². The summed E-state index contributed by atoms with van der Waals surface area (Å²) >= 11 is 6.01. The monoisotopic (exact) mass is 447 g/mol. The number of anilines is 1. The number of hydrogen-bond acceptors (Lipinski definition) is 5. The van der Waals surface area contributed by atoms with E-state index >= 15 is 0 Å². The van der Waals surface area contributed by atoms with Crippen molar-refractivity contribution in [2.45, 2.75) is 11.4 Å². The minimum absolute atomic E-state index is 0.0730. The van der Waals surface area contributed by atoms with Gasteiger partial charge in [0.15, 0.2) is 0 Å². The molecule has 0 aliphatic rings. The SMILES string of the molecule is COc1ccc(S(=O)(=O)N(Cc2cc(OC)cc(OC)c2)c2ccc(Cl)cc2)cc1. The van der Waals surface area contributed by atoms with Gasteiger partial charge in [0, 0.05) is 11.1 Å². The molecule has 3 aromatic rings. The molecule has 0 aliphatic heterocycles. The lowest BCUT2D eigenvalue weighted by atomic mass is 10.2. The third-order valence-corrected chi connectivity index (χ3v) is 6.54. The van der Waals surface area contributed by atoms with Crippen LogP contribution in [0.1, 0.15) is 5.56 Å². The van der Waals surface area contributed by atoms with Gasteiger partial charge in [-0.05, 0) is 66.2 Å². The second-order valence-corrected chi connectivity index (χ2v) is 8.68. The molecule has 0 N–H and O–H groups in total. The van der Waals surface area contributed by atoms with E-state index in [-0.39, 0.29) is 11.4 Å². The number of benzene rings is 3. The Bertz CT molecular complexity index is 1080. The predicted molar refractivity (Wildman–Crippen MR) is 117 cm³/mol. The fourth-order valence-electron chi connectivity index (χ4n) is 2.92. The van der Waals surface area contributed by atoms with Gasteiger partial charge in [0.2, 0.25) is 0 Å². The van der Waals surface area contributed by atoms with Gasteiger partial charge in [-0.15, -0.1) is 0 Å². The van der Waals surface area contributed by atoms with Crippen LogP contribution in [0.25, 0.3) is 0 Å². The highest BCUT2D eigenvalue weighted by molar-refractivity contribution is 7.92. The van der Waals surface area contributed by atoms with E-state index in [0.29, 0.717) is 33.5 Å². The maximum Gasteiger partial charge on any atom is 0.264 e. The van der Waals surface area contributed by atoms with Gasteiger partial charge < -0.3 is 14.2 Å². The lowest BCUT2D eigenvalue weighted by Gasteiger charge is -2.25. The van der Waals surface area contributed by atoms with Crippen LogP contribution in [-0.4, -0.2) is 29.7 Å². The molecule has 3 aromatic carbocycles. The Balaban J connectivity index is 2.08. The van der Waals surface area contributed by atoms with Crippen LogP contribution in [-0.2, 0) is 16.6 Å². The molecule has 0 fully saturated rings. The van der Waals surface area contributed by atoms with E-state index in [2.05, 4.69) is 0 Å². The molecule has 0 saturated carbocycles. The lowest BCUT2D eigenvalue weighted by molar-refractivity contribution is 0.393. The number of halogens is 1. The van der Waals surface area contributed by atoms with Crippen molar-refractivity contribution in [1.82, 2.24) is 0 Å². The third-order valence-electron chi connectivity index (χ3n) is 4.50. The molecule has 3 rings (SSSR count). The zero-order valence-corrected chi connectivity index (χ0v) is 18.4. The van der Waals surface area contributed by atoms with Crippen LogP contribution in [0.2, 0.25) is 5.02 Å². The Kier molecular flexibility index (Phi) is 6.74. The lowest BCUT2D eigenvalue weighted by Crippen LogP contribution is -2.30. The van der Waals surface area contributed by atoms with Crippen LogP contribution >= 0.6 is 11.6 Å². The highest BCUT2D eigenvalue weighted by atomic mass is 35.5. The van der Waals surface area contributed by atoms with Crippen molar-refractivity contribution >= 4 is 27.3 Å². The van der Waals surface area contributed by atoms with Gasteiger partial charge >= 0.3 is 0 Å². The molecule has 0 spiro atoms. The zero-order chi connectivity index (χ0) is 21.7. The molecule has 0 amide bonds. The standard InChI is InChI=1S/C22H22ClNO5S/c1-27-19-8-10-22(11-9-19)30(25,26)24(18-6-4-17(23)5-7-18)15-16-12-20(28-2)14-21(13-16)29-3/h4-14H,15H2,1-3H3. The van der Waals surface area contributed by atoms with Crippen molar-refractivity contribution in [3.63, 3.8) is 0 Å². The summed E-state index contributed by atoms with van der Waals surface area (Å²) in [5, 5.41) is 0.517. The van der Waals surface area contributed by atoms with Crippen molar-refractivity contribution in [2.75, 3.05) is 25.6 Å². The summed E-state index contributed by atoms with van der Waals surface area (Å²) in [5.41, 5.74) is 1.19. The van der Waals surface area contributed by atoms with Gasteiger partial charge in [0.1, 0.15) is 17.2 Å². The average molecular weight is 448 g/mol. The van der Waals surface area contributed by atoms with E-state index in [1.165, 1.54) is 23.5 Å². The molecule has 0 radical (unpaired) electrons. The highest BCUT2D eigenvalue weighted by Gasteiger charge is 2.26. The predicted octanol–water partition coefficient (Wildman–Crippen LogP) is 4.76. The summed E-state index contributed by atoms with van der Waals surface area (Å²) < 4.78 is 44.1. The molecule has 30 heavy (non-hydrogen) atoms. The van der Waals surface area contributed by atoms with Crippen molar-refractivity contribution in [3.8, 4) is 17.2 Å². The first-order chi connectivity index (χ1) is 14.4. The second kappa shape index (κ2) is 9.28. The van der Waals surface area contributed by atoms with Crippen LogP contribution in [0.15, 0.2) is 71.6 Å². The van der Waals surface area contributed by atoms with E-state index in [1.807, 2.05) is 0 Å². The van der Waals surface area contributed by atoms with Crippen LogP contribution in [0.3, 0.4) is 0 Å². The largest absolute Gasteiger partial charge is 0.497 e. The molecule has 0 aromatic heterocycles. The smallest absolute Gasteiger partial charge is 0.264 e. The minimum atomic E-state index is -3.88. The Morgan fingerprint density at radius 1 is 0.767 bits per heavy atom. The van der Waals surface area contributed by atoms with Crippen molar-refractivity contribution in [1.29, 1.82) is 0 Å². The topological polar surface area (TPSA) is 65.1 Å². The number of methoxy groups -OCH3 is 3. The van der Waals surface area contributed by atoms with E-state index in [4.69, 9.17) is 25.8 Å². The maximum atomic E-state index is 13.5. The Hall–Kier alpha value is -2.90. The summed E-state index contributed by atoms with van der Waals surface area (Å²) in [5.74, 6) is 1.72.